The molecule has 0 saturated carbocycles. The third kappa shape index (κ3) is 3.97. The Bertz CT molecular complexity index is 1120. The maximum Gasteiger partial charge on any atom is 0.434 e. The first kappa shape index (κ1) is 20.9. The van der Waals surface area contributed by atoms with E-state index in [1.807, 2.05) is 0 Å². The fraction of sp³-hybridized carbons (Fsp3) is 0.222. The maximum atomic E-state index is 13.6. The van der Waals surface area contributed by atoms with Crippen molar-refractivity contribution in [1.29, 1.82) is 0 Å². The van der Waals surface area contributed by atoms with Crippen LogP contribution in [0.3, 0.4) is 0 Å². The van der Waals surface area contributed by atoms with Gasteiger partial charge in [-0.15, -0.1) is 0 Å². The van der Waals surface area contributed by atoms with Crippen LogP contribution in [-0.2, 0) is 6.18 Å². The molecule has 1 aromatic heterocycles. The van der Waals surface area contributed by atoms with E-state index in [4.69, 9.17) is 14.2 Å². The van der Waals surface area contributed by atoms with Crippen LogP contribution in [-0.4, -0.2) is 36.2 Å². The van der Waals surface area contributed by atoms with E-state index in [0.717, 1.165) is 12.1 Å². The Kier molecular flexibility index (Phi) is 5.49. The zero-order chi connectivity index (χ0) is 22.1. The van der Waals surface area contributed by atoms with Crippen LogP contribution in [0.15, 0.2) is 30.3 Å². The zero-order valence-electron chi connectivity index (χ0n) is 15.9. The number of nitrogens with one attached hydrogen (secondary N) is 1. The maximum absolute atomic E-state index is 13.6. The number of rotatable bonds is 6. The smallest absolute Gasteiger partial charge is 0.434 e. The normalized spacial score (nSPS) is 11.3. The number of hydrogen-bond donors (Lipinski definition) is 1. The Hall–Kier alpha value is -3.83. The standard InChI is InChI=1S/C18H15F3N4O5/c1-28-9-4-5-11(13(6-9)25(26)27)22-17-23-12-8-15(30-3)14(29-2)7-10(12)16(24-17)18(19,20)21/h4-8H,1-3H3,(H,22,23,24). The molecule has 0 fully saturated rings. The molecule has 2 aromatic carbocycles. The average molecular weight is 424 g/mol. The number of anilines is 2. The highest BCUT2D eigenvalue weighted by molar-refractivity contribution is 5.86. The van der Waals surface area contributed by atoms with Gasteiger partial charge >= 0.3 is 6.18 Å². The zero-order valence-corrected chi connectivity index (χ0v) is 15.9. The predicted molar refractivity (Wildman–Crippen MR) is 101 cm³/mol. The lowest BCUT2D eigenvalue weighted by atomic mass is 10.1. The number of fused-ring (bicyclic) bond motifs is 1. The predicted octanol–water partition coefficient (Wildman–Crippen LogP) is 4.33. The van der Waals surface area contributed by atoms with Gasteiger partial charge in [0.2, 0.25) is 5.95 Å². The van der Waals surface area contributed by atoms with Gasteiger partial charge in [0.25, 0.3) is 5.69 Å². The Morgan fingerprint density at radius 1 is 1.00 bits per heavy atom. The van der Waals surface area contributed by atoms with Gasteiger partial charge in [0.1, 0.15) is 11.4 Å². The average Bonchev–Trinajstić information content (AvgIpc) is 2.71. The lowest BCUT2D eigenvalue weighted by Crippen LogP contribution is -2.12. The van der Waals surface area contributed by atoms with Crippen LogP contribution < -0.4 is 19.5 Å². The third-order valence-electron chi connectivity index (χ3n) is 4.12. The van der Waals surface area contributed by atoms with Crippen molar-refractivity contribution in [2.24, 2.45) is 0 Å². The number of alkyl halides is 3. The van der Waals surface area contributed by atoms with Gasteiger partial charge in [0.05, 0.1) is 37.8 Å². The van der Waals surface area contributed by atoms with Crippen LogP contribution in [0.4, 0.5) is 30.5 Å². The Morgan fingerprint density at radius 3 is 2.23 bits per heavy atom. The summed E-state index contributed by atoms with van der Waals surface area (Å²) < 4.78 is 56.0. The first-order valence-corrected chi connectivity index (χ1v) is 8.28. The minimum atomic E-state index is -4.82. The summed E-state index contributed by atoms with van der Waals surface area (Å²) in [5, 5.41) is 13.5. The molecule has 3 aromatic rings. The number of benzene rings is 2. The highest BCUT2D eigenvalue weighted by Crippen LogP contribution is 2.39. The van der Waals surface area contributed by atoms with Gasteiger partial charge in [0.15, 0.2) is 17.2 Å². The number of ether oxygens (including phenoxy) is 3. The minimum Gasteiger partial charge on any atom is -0.496 e. The van der Waals surface area contributed by atoms with Gasteiger partial charge in [-0.2, -0.15) is 13.2 Å². The van der Waals surface area contributed by atoms with E-state index < -0.39 is 28.4 Å². The van der Waals surface area contributed by atoms with Crippen LogP contribution in [0.25, 0.3) is 10.9 Å². The number of nitro groups is 1. The Balaban J connectivity index is 2.19. The molecular formula is C18H15F3N4O5. The Labute approximate surface area is 167 Å². The topological polar surface area (TPSA) is 109 Å². The van der Waals surface area contributed by atoms with E-state index in [9.17, 15) is 23.3 Å². The molecule has 9 nitrogen and oxygen atoms in total. The SMILES string of the molecule is COc1ccc(Nc2nc(C(F)(F)F)c3cc(OC)c(OC)cc3n2)c([N+](=O)[O-])c1. The van der Waals surface area contributed by atoms with Crippen LogP contribution in [0.1, 0.15) is 5.69 Å². The molecule has 3 rings (SSSR count). The van der Waals surface area contributed by atoms with Gasteiger partial charge in [-0.1, -0.05) is 0 Å². The number of nitrogens with zero attached hydrogens (tertiary/aromatic N) is 3. The van der Waals surface area contributed by atoms with Crippen molar-refractivity contribution >= 4 is 28.2 Å². The monoisotopic (exact) mass is 424 g/mol. The second-order valence-corrected chi connectivity index (χ2v) is 5.88. The molecule has 0 aliphatic carbocycles. The molecule has 0 unspecified atom stereocenters. The first-order valence-electron chi connectivity index (χ1n) is 8.28. The summed E-state index contributed by atoms with van der Waals surface area (Å²) in [5.74, 6) is -0.0291. The molecule has 1 heterocycles. The first-order chi connectivity index (χ1) is 14.2. The molecule has 0 bridgehead atoms. The molecule has 0 amide bonds. The highest BCUT2D eigenvalue weighted by atomic mass is 19.4. The van der Waals surface area contributed by atoms with Crippen molar-refractivity contribution in [2.75, 3.05) is 26.6 Å². The number of halogens is 3. The van der Waals surface area contributed by atoms with Crippen molar-refractivity contribution in [3.63, 3.8) is 0 Å². The van der Waals surface area contributed by atoms with E-state index in [-0.39, 0.29) is 33.8 Å². The molecule has 0 spiro atoms. The molecular weight excluding hydrogens is 409 g/mol. The third-order valence-corrected chi connectivity index (χ3v) is 4.12. The van der Waals surface area contributed by atoms with Crippen LogP contribution in [0, 0.1) is 10.1 Å². The second-order valence-electron chi connectivity index (χ2n) is 5.88. The van der Waals surface area contributed by atoms with Crippen molar-refractivity contribution < 1.29 is 32.3 Å². The number of aromatic nitrogens is 2. The Morgan fingerprint density at radius 2 is 1.67 bits per heavy atom. The molecule has 30 heavy (non-hydrogen) atoms. The number of hydrogen-bond acceptors (Lipinski definition) is 8. The summed E-state index contributed by atoms with van der Waals surface area (Å²) >= 11 is 0. The van der Waals surface area contributed by atoms with Gasteiger partial charge in [-0.05, 0) is 18.2 Å². The second kappa shape index (κ2) is 7.89. The molecule has 0 atom stereocenters. The van der Waals surface area contributed by atoms with E-state index in [0.29, 0.717) is 0 Å². The summed E-state index contributed by atoms with van der Waals surface area (Å²) in [6, 6.07) is 6.21. The molecule has 1 N–H and O–H groups in total. The highest BCUT2D eigenvalue weighted by Gasteiger charge is 2.36. The van der Waals surface area contributed by atoms with E-state index >= 15 is 0 Å². The fourth-order valence-electron chi connectivity index (χ4n) is 2.74. The molecule has 12 heteroatoms. The van der Waals surface area contributed by atoms with Gasteiger partial charge in [-0.3, -0.25) is 10.1 Å². The summed E-state index contributed by atoms with van der Waals surface area (Å²) in [7, 11) is 3.95. The molecule has 0 saturated heterocycles. The van der Waals surface area contributed by atoms with Crippen LogP contribution >= 0.6 is 0 Å². The molecule has 158 valence electrons. The van der Waals surface area contributed by atoms with Gasteiger partial charge in [0, 0.05) is 11.5 Å². The minimum absolute atomic E-state index is 0.0746. The van der Waals surface area contributed by atoms with Crippen LogP contribution in [0.5, 0.6) is 17.2 Å². The van der Waals surface area contributed by atoms with E-state index in [1.165, 1.54) is 39.5 Å². The van der Waals surface area contributed by atoms with Crippen molar-refractivity contribution in [3.05, 3.63) is 46.1 Å². The van der Waals surface area contributed by atoms with Gasteiger partial charge in [-0.25, -0.2) is 9.97 Å². The molecule has 0 radical (unpaired) electrons. The molecule has 0 aliphatic rings. The summed E-state index contributed by atoms with van der Waals surface area (Å²) in [6.45, 7) is 0. The summed E-state index contributed by atoms with van der Waals surface area (Å²) in [4.78, 5) is 18.2. The number of methoxy groups -OCH3 is 3. The quantitative estimate of drug-likeness (QED) is 0.460. The van der Waals surface area contributed by atoms with Crippen molar-refractivity contribution in [1.82, 2.24) is 9.97 Å². The van der Waals surface area contributed by atoms with Crippen molar-refractivity contribution in [3.8, 4) is 17.2 Å². The lowest BCUT2D eigenvalue weighted by Gasteiger charge is -2.15. The lowest BCUT2D eigenvalue weighted by molar-refractivity contribution is -0.384. The number of nitro benzene ring substituents is 1. The molecule has 0 aliphatic heterocycles. The van der Waals surface area contributed by atoms with Crippen molar-refractivity contribution in [2.45, 2.75) is 6.18 Å². The van der Waals surface area contributed by atoms with Gasteiger partial charge < -0.3 is 19.5 Å². The van der Waals surface area contributed by atoms with E-state index in [1.54, 1.807) is 0 Å². The summed E-state index contributed by atoms with van der Waals surface area (Å²) in [5.41, 5.74) is -1.84. The van der Waals surface area contributed by atoms with E-state index in [2.05, 4.69) is 15.3 Å². The fourth-order valence-corrected chi connectivity index (χ4v) is 2.74. The van der Waals surface area contributed by atoms with Crippen LogP contribution in [0.2, 0.25) is 0 Å². The summed E-state index contributed by atoms with van der Waals surface area (Å²) in [6.07, 6.45) is -4.82. The largest absolute Gasteiger partial charge is 0.496 e.